The number of benzene rings is 1. The lowest BCUT2D eigenvalue weighted by Crippen LogP contribution is -1.81. The van der Waals surface area contributed by atoms with E-state index in [1.54, 1.807) is 21.6 Å². The monoisotopic (exact) mass is 220 g/mol. The summed E-state index contributed by atoms with van der Waals surface area (Å²) < 4.78 is 0. The van der Waals surface area contributed by atoms with Gasteiger partial charge in [0.25, 0.3) is 0 Å². The van der Waals surface area contributed by atoms with Crippen LogP contribution in [-0.2, 0) is 0 Å². The zero-order chi connectivity index (χ0) is 8.81. The molecule has 0 bridgehead atoms. The third-order valence-corrected chi connectivity index (χ3v) is 3.76. The molecule has 0 aromatic heterocycles. The number of rotatable bonds is 4. The first-order chi connectivity index (χ1) is 5.83. The van der Waals surface area contributed by atoms with Crippen LogP contribution in [0.4, 0.5) is 0 Å². The highest BCUT2D eigenvalue weighted by molar-refractivity contribution is 8.76. The predicted octanol–water partition coefficient (Wildman–Crippen LogP) is 3.07. The minimum absolute atomic E-state index is 0.227. The van der Waals surface area contributed by atoms with E-state index in [1.807, 2.05) is 24.3 Å². The molecule has 1 aromatic carbocycles. The molecule has 0 amide bonds. The van der Waals surface area contributed by atoms with Crippen LogP contribution in [0.2, 0.25) is 5.02 Å². The molecule has 0 aliphatic carbocycles. The van der Waals surface area contributed by atoms with Crippen LogP contribution in [0.15, 0.2) is 29.2 Å². The Bertz CT molecular complexity index is 225. The van der Waals surface area contributed by atoms with Crippen LogP contribution in [0, 0.1) is 0 Å². The van der Waals surface area contributed by atoms with E-state index in [-0.39, 0.29) is 6.61 Å². The van der Waals surface area contributed by atoms with Gasteiger partial charge in [-0.2, -0.15) is 0 Å². The summed E-state index contributed by atoms with van der Waals surface area (Å²) in [5, 5.41) is 9.29. The molecule has 1 nitrogen and oxygen atoms in total. The summed E-state index contributed by atoms with van der Waals surface area (Å²) in [5.41, 5.74) is 0. The summed E-state index contributed by atoms with van der Waals surface area (Å²) in [7, 11) is 3.29. The van der Waals surface area contributed by atoms with Crippen molar-refractivity contribution in [2.75, 3.05) is 12.4 Å². The molecule has 0 fully saturated rings. The van der Waals surface area contributed by atoms with E-state index >= 15 is 0 Å². The van der Waals surface area contributed by atoms with Gasteiger partial charge in [-0.15, -0.1) is 0 Å². The first kappa shape index (κ1) is 10.3. The number of hydrogen-bond donors (Lipinski definition) is 1. The Labute approximate surface area is 84.9 Å². The van der Waals surface area contributed by atoms with Crippen molar-refractivity contribution in [3.05, 3.63) is 29.3 Å². The average molecular weight is 221 g/mol. The molecule has 0 unspecified atom stereocenters. The Morgan fingerprint density at radius 1 is 1.25 bits per heavy atom. The fourth-order valence-electron chi connectivity index (χ4n) is 0.637. The second-order valence-electron chi connectivity index (χ2n) is 2.08. The molecule has 12 heavy (non-hydrogen) atoms. The molecule has 0 aliphatic heterocycles. The fourth-order valence-corrected chi connectivity index (χ4v) is 2.52. The third kappa shape index (κ3) is 3.72. The van der Waals surface area contributed by atoms with Crippen LogP contribution in [0.3, 0.4) is 0 Å². The maximum atomic E-state index is 8.53. The zero-order valence-electron chi connectivity index (χ0n) is 6.37. The van der Waals surface area contributed by atoms with E-state index < -0.39 is 0 Å². The molecule has 0 radical (unpaired) electrons. The van der Waals surface area contributed by atoms with E-state index in [0.29, 0.717) is 0 Å². The van der Waals surface area contributed by atoms with Crippen molar-refractivity contribution < 1.29 is 5.11 Å². The van der Waals surface area contributed by atoms with Gasteiger partial charge in [-0.3, -0.25) is 0 Å². The average Bonchev–Trinajstić information content (AvgIpc) is 2.09. The van der Waals surface area contributed by atoms with Gasteiger partial charge in [-0.25, -0.2) is 0 Å². The van der Waals surface area contributed by atoms with Crippen LogP contribution in [-0.4, -0.2) is 17.5 Å². The summed E-state index contributed by atoms with van der Waals surface area (Å²) in [6.45, 7) is 0.227. The molecule has 0 spiro atoms. The van der Waals surface area contributed by atoms with Crippen molar-refractivity contribution in [1.82, 2.24) is 0 Å². The van der Waals surface area contributed by atoms with Gasteiger partial charge in [0.1, 0.15) is 0 Å². The smallest absolute Gasteiger partial charge is 0.0530 e. The molecular formula is C8H9ClOS2. The van der Waals surface area contributed by atoms with Gasteiger partial charge in [0, 0.05) is 15.7 Å². The van der Waals surface area contributed by atoms with Crippen molar-refractivity contribution in [2.45, 2.75) is 4.90 Å². The lowest BCUT2D eigenvalue weighted by molar-refractivity contribution is 0.323. The quantitative estimate of drug-likeness (QED) is 0.622. The van der Waals surface area contributed by atoms with E-state index in [4.69, 9.17) is 16.7 Å². The molecule has 66 valence electrons. The summed E-state index contributed by atoms with van der Waals surface area (Å²) in [6, 6.07) is 7.67. The lowest BCUT2D eigenvalue weighted by Gasteiger charge is -1.98. The zero-order valence-corrected chi connectivity index (χ0v) is 8.75. The number of aliphatic hydroxyl groups excluding tert-OH is 1. The lowest BCUT2D eigenvalue weighted by atomic mass is 10.4. The first-order valence-corrected chi connectivity index (χ1v) is 6.18. The SMILES string of the molecule is OCCSSc1ccc(Cl)cc1. The van der Waals surface area contributed by atoms with Crippen LogP contribution in [0.25, 0.3) is 0 Å². The molecule has 0 aliphatic rings. The first-order valence-electron chi connectivity index (χ1n) is 3.49. The Balaban J connectivity index is 2.37. The second-order valence-corrected chi connectivity index (χ2v) is 5.01. The fraction of sp³-hybridized carbons (Fsp3) is 0.250. The van der Waals surface area contributed by atoms with Crippen molar-refractivity contribution in [3.8, 4) is 0 Å². The van der Waals surface area contributed by atoms with E-state index in [0.717, 1.165) is 15.7 Å². The van der Waals surface area contributed by atoms with Gasteiger partial charge in [0.15, 0.2) is 0 Å². The standard InChI is InChI=1S/C8H9ClOS2/c9-7-1-3-8(4-2-7)12-11-6-5-10/h1-4,10H,5-6H2. The summed E-state index contributed by atoms with van der Waals surface area (Å²) in [6.07, 6.45) is 0. The maximum absolute atomic E-state index is 8.53. The third-order valence-electron chi connectivity index (χ3n) is 1.14. The normalized spacial score (nSPS) is 10.2. The minimum atomic E-state index is 0.227. The molecule has 0 atom stereocenters. The molecule has 0 heterocycles. The number of hydrogen-bond acceptors (Lipinski definition) is 3. The second kappa shape index (κ2) is 5.75. The van der Waals surface area contributed by atoms with Gasteiger partial charge < -0.3 is 5.11 Å². The highest BCUT2D eigenvalue weighted by Gasteiger charge is 1.93. The molecule has 4 heteroatoms. The van der Waals surface area contributed by atoms with Crippen LogP contribution in [0.1, 0.15) is 0 Å². The largest absolute Gasteiger partial charge is 0.395 e. The van der Waals surface area contributed by atoms with E-state index in [2.05, 4.69) is 0 Å². The number of halogens is 1. The van der Waals surface area contributed by atoms with E-state index in [9.17, 15) is 0 Å². The van der Waals surface area contributed by atoms with E-state index in [1.165, 1.54) is 0 Å². The highest BCUT2D eigenvalue weighted by atomic mass is 35.5. The Morgan fingerprint density at radius 2 is 1.92 bits per heavy atom. The van der Waals surface area contributed by atoms with Crippen molar-refractivity contribution in [3.63, 3.8) is 0 Å². The Hall–Kier alpha value is 0.170. The van der Waals surface area contributed by atoms with Crippen molar-refractivity contribution in [1.29, 1.82) is 0 Å². The molecular weight excluding hydrogens is 212 g/mol. The molecule has 1 N–H and O–H groups in total. The van der Waals surface area contributed by atoms with Gasteiger partial charge in [-0.1, -0.05) is 33.2 Å². The van der Waals surface area contributed by atoms with Gasteiger partial charge in [0.05, 0.1) is 6.61 Å². The predicted molar refractivity (Wildman–Crippen MR) is 56.9 cm³/mol. The maximum Gasteiger partial charge on any atom is 0.0530 e. The van der Waals surface area contributed by atoms with Crippen molar-refractivity contribution >= 4 is 33.2 Å². The van der Waals surface area contributed by atoms with Gasteiger partial charge in [0.2, 0.25) is 0 Å². The van der Waals surface area contributed by atoms with Crippen LogP contribution in [0.5, 0.6) is 0 Å². The summed E-state index contributed by atoms with van der Waals surface area (Å²) >= 11 is 5.72. The Kier molecular flexibility index (Phi) is 4.92. The number of aliphatic hydroxyl groups is 1. The molecule has 1 aromatic rings. The molecule has 0 saturated heterocycles. The van der Waals surface area contributed by atoms with Gasteiger partial charge >= 0.3 is 0 Å². The summed E-state index contributed by atoms with van der Waals surface area (Å²) in [4.78, 5) is 1.16. The van der Waals surface area contributed by atoms with Gasteiger partial charge in [-0.05, 0) is 24.3 Å². The van der Waals surface area contributed by atoms with Crippen molar-refractivity contribution in [2.24, 2.45) is 0 Å². The molecule has 0 saturated carbocycles. The van der Waals surface area contributed by atoms with Crippen LogP contribution >= 0.6 is 33.2 Å². The minimum Gasteiger partial charge on any atom is -0.395 e. The summed E-state index contributed by atoms with van der Waals surface area (Å²) in [5.74, 6) is 0.757. The molecule has 1 rings (SSSR count). The topological polar surface area (TPSA) is 20.2 Å². The Morgan fingerprint density at radius 3 is 2.50 bits per heavy atom. The highest BCUT2D eigenvalue weighted by Crippen LogP contribution is 2.30. The van der Waals surface area contributed by atoms with Crippen LogP contribution < -0.4 is 0 Å².